The molecule has 0 fully saturated rings. The zero-order valence-corrected chi connectivity index (χ0v) is 16.8. The summed E-state index contributed by atoms with van der Waals surface area (Å²) >= 11 is 0. The van der Waals surface area contributed by atoms with Crippen molar-refractivity contribution in [1.29, 1.82) is 0 Å². The van der Waals surface area contributed by atoms with Crippen LogP contribution in [0.15, 0.2) is 30.5 Å². The number of halogens is 3. The Morgan fingerprint density at radius 3 is 2.40 bits per heavy atom. The van der Waals surface area contributed by atoms with E-state index in [4.69, 9.17) is 19.6 Å². The van der Waals surface area contributed by atoms with Gasteiger partial charge in [-0.05, 0) is 38.1 Å². The molecule has 162 valence electrons. The number of hydrogen-bond donors (Lipinski definition) is 2. The lowest BCUT2D eigenvalue weighted by molar-refractivity contribution is -0.192. The molecular formula is C20H23F3N4O3. The van der Waals surface area contributed by atoms with Crippen molar-refractivity contribution in [3.63, 3.8) is 0 Å². The van der Waals surface area contributed by atoms with Crippen LogP contribution in [0, 0.1) is 0 Å². The topological polar surface area (TPSA) is 80.8 Å². The predicted octanol–water partition coefficient (Wildman–Crippen LogP) is 3.67. The first-order valence-electron chi connectivity index (χ1n) is 9.39. The normalized spacial score (nSPS) is 13.7. The number of rotatable bonds is 3. The molecule has 1 aliphatic rings. The van der Waals surface area contributed by atoms with E-state index in [-0.39, 0.29) is 0 Å². The van der Waals surface area contributed by atoms with Crippen molar-refractivity contribution in [1.82, 2.24) is 19.3 Å². The Balaban J connectivity index is 0.000000318. The highest BCUT2D eigenvalue weighted by molar-refractivity contribution is 5.73. The van der Waals surface area contributed by atoms with Gasteiger partial charge in [0.1, 0.15) is 5.75 Å². The van der Waals surface area contributed by atoms with Crippen LogP contribution in [0.5, 0.6) is 5.75 Å². The summed E-state index contributed by atoms with van der Waals surface area (Å²) in [6.45, 7) is 6.40. The third-order valence-corrected chi connectivity index (χ3v) is 4.79. The Morgan fingerprint density at radius 1 is 1.23 bits per heavy atom. The van der Waals surface area contributed by atoms with Crippen molar-refractivity contribution < 1.29 is 27.8 Å². The van der Waals surface area contributed by atoms with Crippen LogP contribution in [0.2, 0.25) is 0 Å². The van der Waals surface area contributed by atoms with Crippen molar-refractivity contribution >= 4 is 11.7 Å². The quantitative estimate of drug-likeness (QED) is 0.671. The van der Waals surface area contributed by atoms with Crippen LogP contribution >= 0.6 is 0 Å². The number of aromatic nitrogens is 3. The summed E-state index contributed by atoms with van der Waals surface area (Å²) in [5.41, 5.74) is 4.88. The van der Waals surface area contributed by atoms with Crippen LogP contribution in [0.25, 0.3) is 17.0 Å². The summed E-state index contributed by atoms with van der Waals surface area (Å²) in [4.78, 5) is 13.8. The van der Waals surface area contributed by atoms with E-state index in [1.807, 2.05) is 12.1 Å². The third-order valence-electron chi connectivity index (χ3n) is 4.79. The van der Waals surface area contributed by atoms with Crippen LogP contribution < -0.4 is 10.1 Å². The highest BCUT2D eigenvalue weighted by Gasteiger charge is 2.38. The number of nitrogens with one attached hydrogen (secondary N) is 1. The van der Waals surface area contributed by atoms with E-state index < -0.39 is 12.1 Å². The second-order valence-corrected chi connectivity index (χ2v) is 7.11. The molecule has 7 nitrogen and oxygen atoms in total. The van der Waals surface area contributed by atoms with Crippen molar-refractivity contribution in [2.24, 2.45) is 0 Å². The van der Waals surface area contributed by atoms with Gasteiger partial charge in [0.2, 0.25) is 5.78 Å². The number of nitrogens with zero attached hydrogens (tertiary/aromatic N) is 3. The number of carboxylic acids is 1. The van der Waals surface area contributed by atoms with E-state index in [1.54, 1.807) is 7.11 Å². The summed E-state index contributed by atoms with van der Waals surface area (Å²) in [5.74, 6) is -0.849. The van der Waals surface area contributed by atoms with E-state index in [9.17, 15) is 13.2 Å². The molecule has 0 saturated heterocycles. The van der Waals surface area contributed by atoms with Gasteiger partial charge >= 0.3 is 12.1 Å². The Labute approximate surface area is 171 Å². The predicted molar refractivity (Wildman–Crippen MR) is 105 cm³/mol. The Kier molecular flexibility index (Phi) is 6.06. The van der Waals surface area contributed by atoms with Gasteiger partial charge in [-0.1, -0.05) is 0 Å². The number of fused-ring (bicyclic) bond motifs is 3. The lowest BCUT2D eigenvalue weighted by Crippen LogP contribution is -2.25. The van der Waals surface area contributed by atoms with Gasteiger partial charge < -0.3 is 19.7 Å². The van der Waals surface area contributed by atoms with E-state index in [1.165, 1.54) is 11.4 Å². The number of aliphatic carboxylic acids is 1. The number of carboxylic acid groups (broad SMARTS) is 1. The molecule has 2 N–H and O–H groups in total. The highest BCUT2D eigenvalue weighted by atomic mass is 19.4. The van der Waals surface area contributed by atoms with Crippen molar-refractivity contribution in [3.8, 4) is 17.0 Å². The van der Waals surface area contributed by atoms with Gasteiger partial charge in [0, 0.05) is 43.0 Å². The van der Waals surface area contributed by atoms with E-state index in [2.05, 4.69) is 46.5 Å². The second-order valence-electron chi connectivity index (χ2n) is 7.11. The lowest BCUT2D eigenvalue weighted by Gasteiger charge is -2.18. The number of methoxy groups -OCH3 is 1. The number of carbonyl (C=O) groups is 1. The fourth-order valence-corrected chi connectivity index (χ4v) is 3.45. The SMILES string of the molecule is COc1ccc(-c2cn3c4c(n(C(C)C)c3n2)CCNC4)cc1.O=C(O)C(F)(F)F. The summed E-state index contributed by atoms with van der Waals surface area (Å²) in [7, 11) is 1.69. The van der Waals surface area contributed by atoms with Gasteiger partial charge in [0.25, 0.3) is 0 Å². The summed E-state index contributed by atoms with van der Waals surface area (Å²) in [5, 5.41) is 10.6. The molecule has 4 rings (SSSR count). The number of alkyl halides is 3. The Hall–Kier alpha value is -3.01. The van der Waals surface area contributed by atoms with Gasteiger partial charge in [0.05, 0.1) is 18.5 Å². The summed E-state index contributed by atoms with van der Waals surface area (Å²) in [6.07, 6.45) is -1.86. The van der Waals surface area contributed by atoms with Crippen LogP contribution in [0.1, 0.15) is 31.3 Å². The fourth-order valence-electron chi connectivity index (χ4n) is 3.45. The molecule has 3 heterocycles. The average Bonchev–Trinajstić information content (AvgIpc) is 3.24. The Bertz CT molecular complexity index is 1040. The molecule has 0 radical (unpaired) electrons. The maximum absolute atomic E-state index is 10.6. The molecule has 0 amide bonds. The first kappa shape index (κ1) is 21.7. The molecule has 0 saturated carbocycles. The number of ether oxygens (including phenoxy) is 1. The van der Waals surface area contributed by atoms with Crippen LogP contribution in [-0.2, 0) is 17.8 Å². The molecule has 10 heteroatoms. The molecule has 1 aliphatic heterocycles. The van der Waals surface area contributed by atoms with Crippen LogP contribution in [-0.4, -0.2) is 44.9 Å². The monoisotopic (exact) mass is 424 g/mol. The molecule has 0 spiro atoms. The minimum absolute atomic E-state index is 0.408. The van der Waals surface area contributed by atoms with Gasteiger partial charge in [-0.3, -0.25) is 4.40 Å². The lowest BCUT2D eigenvalue weighted by atomic mass is 10.1. The molecule has 0 unspecified atom stereocenters. The minimum Gasteiger partial charge on any atom is -0.497 e. The molecule has 30 heavy (non-hydrogen) atoms. The molecular weight excluding hydrogens is 401 g/mol. The third kappa shape index (κ3) is 4.28. The molecule has 0 aliphatic carbocycles. The van der Waals surface area contributed by atoms with Crippen LogP contribution in [0.3, 0.4) is 0 Å². The van der Waals surface area contributed by atoms with E-state index >= 15 is 0 Å². The summed E-state index contributed by atoms with van der Waals surface area (Å²) in [6, 6.07) is 8.49. The molecule has 0 bridgehead atoms. The van der Waals surface area contributed by atoms with Crippen LogP contribution in [0.4, 0.5) is 13.2 Å². The van der Waals surface area contributed by atoms with Gasteiger partial charge in [-0.2, -0.15) is 13.2 Å². The van der Waals surface area contributed by atoms with E-state index in [0.29, 0.717) is 6.04 Å². The van der Waals surface area contributed by atoms with Gasteiger partial charge in [0.15, 0.2) is 0 Å². The molecule has 3 aromatic rings. The van der Waals surface area contributed by atoms with E-state index in [0.717, 1.165) is 42.3 Å². The number of hydrogen-bond acceptors (Lipinski definition) is 4. The smallest absolute Gasteiger partial charge is 0.490 e. The Morgan fingerprint density at radius 2 is 1.87 bits per heavy atom. The molecule has 2 aromatic heterocycles. The first-order chi connectivity index (χ1) is 14.1. The number of imidazole rings is 2. The largest absolute Gasteiger partial charge is 0.497 e. The van der Waals surface area contributed by atoms with Gasteiger partial charge in [-0.15, -0.1) is 0 Å². The zero-order valence-electron chi connectivity index (χ0n) is 16.8. The van der Waals surface area contributed by atoms with Gasteiger partial charge in [-0.25, -0.2) is 9.78 Å². The molecule has 0 atom stereocenters. The number of benzene rings is 1. The van der Waals surface area contributed by atoms with Crippen molar-refractivity contribution in [2.75, 3.05) is 13.7 Å². The standard InChI is InChI=1S/C18H22N4O.C2HF3O2/c1-12(2)22-16-8-9-19-10-17(16)21-11-15(20-18(21)22)13-4-6-14(23-3)7-5-13;3-2(4,5)1(6)7/h4-7,11-12,19H,8-10H2,1-3H3;(H,6,7). The first-order valence-corrected chi connectivity index (χ1v) is 9.39. The minimum atomic E-state index is -5.08. The fraction of sp³-hybridized carbons (Fsp3) is 0.400. The maximum Gasteiger partial charge on any atom is 0.490 e. The van der Waals surface area contributed by atoms with Crippen molar-refractivity contribution in [2.45, 2.75) is 39.0 Å². The molecule has 1 aromatic carbocycles. The zero-order chi connectivity index (χ0) is 22.1. The average molecular weight is 424 g/mol. The second kappa shape index (κ2) is 8.39. The highest BCUT2D eigenvalue weighted by Crippen LogP contribution is 2.28. The summed E-state index contributed by atoms with van der Waals surface area (Å²) < 4.78 is 41.6. The van der Waals surface area contributed by atoms with Crippen molar-refractivity contribution in [3.05, 3.63) is 41.9 Å². The maximum atomic E-state index is 10.6.